The maximum atomic E-state index is 6.28. The van der Waals surface area contributed by atoms with Crippen LogP contribution in [0.25, 0.3) is 10.9 Å². The van der Waals surface area contributed by atoms with Crippen LogP contribution >= 0.6 is 23.2 Å². The molecule has 1 heterocycles. The molecule has 0 saturated carbocycles. The highest BCUT2D eigenvalue weighted by molar-refractivity contribution is 6.32. The van der Waals surface area contributed by atoms with E-state index in [2.05, 4.69) is 20.6 Å². The number of nitrogens with one attached hydrogen (secondary N) is 2. The van der Waals surface area contributed by atoms with Gasteiger partial charge >= 0.3 is 0 Å². The van der Waals surface area contributed by atoms with Gasteiger partial charge in [0.25, 0.3) is 0 Å². The van der Waals surface area contributed by atoms with Gasteiger partial charge in [-0.15, -0.1) is 0 Å². The largest absolute Gasteiger partial charge is 0.495 e. The molecule has 0 bridgehead atoms. The van der Waals surface area contributed by atoms with E-state index < -0.39 is 0 Å². The number of aromatic nitrogens is 2. The second-order valence-electron chi connectivity index (χ2n) is 6.33. The Bertz CT molecular complexity index is 1170. The number of ether oxygens (including phenoxy) is 1. The Morgan fingerprint density at radius 3 is 2.48 bits per heavy atom. The van der Waals surface area contributed by atoms with E-state index in [0.29, 0.717) is 28.3 Å². The normalized spacial score (nSPS) is 10.7. The highest BCUT2D eigenvalue weighted by Crippen LogP contribution is 2.29. The molecule has 4 aromatic rings. The van der Waals surface area contributed by atoms with Crippen LogP contribution in [0.2, 0.25) is 10.0 Å². The van der Waals surface area contributed by atoms with Crippen LogP contribution in [0.5, 0.6) is 5.75 Å². The first-order valence-corrected chi connectivity index (χ1v) is 9.74. The molecule has 0 fully saturated rings. The van der Waals surface area contributed by atoms with Crippen LogP contribution in [-0.2, 0) is 6.54 Å². The van der Waals surface area contributed by atoms with Gasteiger partial charge in [-0.2, -0.15) is 4.98 Å². The average molecular weight is 425 g/mol. The van der Waals surface area contributed by atoms with Crippen LogP contribution in [0.1, 0.15) is 5.56 Å². The highest BCUT2D eigenvalue weighted by atomic mass is 35.5. The van der Waals surface area contributed by atoms with E-state index >= 15 is 0 Å². The molecule has 4 rings (SSSR count). The first-order valence-electron chi connectivity index (χ1n) is 8.98. The minimum Gasteiger partial charge on any atom is -0.495 e. The van der Waals surface area contributed by atoms with Crippen molar-refractivity contribution < 1.29 is 4.74 Å². The van der Waals surface area contributed by atoms with Crippen LogP contribution in [0, 0.1) is 0 Å². The Kier molecular flexibility index (Phi) is 5.69. The first kappa shape index (κ1) is 19.3. The van der Waals surface area contributed by atoms with Crippen molar-refractivity contribution in [2.24, 2.45) is 0 Å². The summed E-state index contributed by atoms with van der Waals surface area (Å²) in [7, 11) is 1.58. The lowest BCUT2D eigenvalue weighted by Gasteiger charge is -2.13. The second kappa shape index (κ2) is 8.55. The quantitative estimate of drug-likeness (QED) is 0.380. The molecular weight excluding hydrogens is 407 g/mol. The number of nitrogens with zero attached hydrogens (tertiary/aromatic N) is 2. The van der Waals surface area contributed by atoms with E-state index in [4.69, 9.17) is 27.9 Å². The standard InChI is InChI=1S/C22H18Cl2N4O/c1-29-20-11-10-15(12-18(20)24)26-22-27-19-9-5-3-7-16(19)21(28-22)25-13-14-6-2-4-8-17(14)23/h2-12H,13H2,1H3,(H2,25,26,27,28). The van der Waals surface area contributed by atoms with Crippen molar-refractivity contribution in [1.82, 2.24) is 9.97 Å². The molecule has 5 nitrogen and oxygen atoms in total. The Morgan fingerprint density at radius 1 is 0.897 bits per heavy atom. The van der Waals surface area contributed by atoms with Crippen molar-refractivity contribution in [2.45, 2.75) is 6.54 Å². The zero-order valence-corrected chi connectivity index (χ0v) is 17.1. The van der Waals surface area contributed by atoms with Crippen molar-refractivity contribution >= 4 is 51.6 Å². The molecule has 0 aliphatic heterocycles. The van der Waals surface area contributed by atoms with E-state index in [1.165, 1.54) is 0 Å². The van der Waals surface area contributed by atoms with E-state index in [1.54, 1.807) is 19.2 Å². The van der Waals surface area contributed by atoms with Gasteiger partial charge in [-0.05, 0) is 42.0 Å². The number of methoxy groups -OCH3 is 1. The van der Waals surface area contributed by atoms with E-state index in [0.717, 1.165) is 28.0 Å². The minimum atomic E-state index is 0.464. The molecule has 29 heavy (non-hydrogen) atoms. The second-order valence-corrected chi connectivity index (χ2v) is 7.15. The Hall–Kier alpha value is -3.02. The minimum absolute atomic E-state index is 0.464. The highest BCUT2D eigenvalue weighted by Gasteiger charge is 2.10. The molecule has 3 aromatic carbocycles. The molecule has 0 radical (unpaired) electrons. The molecule has 0 amide bonds. The zero-order chi connectivity index (χ0) is 20.2. The third-order valence-electron chi connectivity index (χ3n) is 4.42. The number of fused-ring (bicyclic) bond motifs is 1. The number of hydrogen-bond acceptors (Lipinski definition) is 5. The monoisotopic (exact) mass is 424 g/mol. The number of benzene rings is 3. The Balaban J connectivity index is 1.65. The summed E-state index contributed by atoms with van der Waals surface area (Å²) in [6.45, 7) is 0.550. The molecule has 1 aromatic heterocycles. The SMILES string of the molecule is COc1ccc(Nc2nc(NCc3ccccc3Cl)c3ccccc3n2)cc1Cl. The summed E-state index contributed by atoms with van der Waals surface area (Å²) < 4.78 is 5.20. The summed E-state index contributed by atoms with van der Waals surface area (Å²) >= 11 is 12.5. The molecule has 0 saturated heterocycles. The van der Waals surface area contributed by atoms with Gasteiger partial charge in [-0.25, -0.2) is 4.98 Å². The molecule has 2 N–H and O–H groups in total. The summed E-state index contributed by atoms with van der Waals surface area (Å²) in [4.78, 5) is 9.28. The molecule has 0 spiro atoms. The maximum absolute atomic E-state index is 6.28. The Labute approximate surface area is 178 Å². The molecule has 0 atom stereocenters. The number of hydrogen-bond donors (Lipinski definition) is 2. The summed E-state index contributed by atoms with van der Waals surface area (Å²) in [6.07, 6.45) is 0. The summed E-state index contributed by atoms with van der Waals surface area (Å²) in [5.41, 5.74) is 2.59. The first-order chi connectivity index (χ1) is 14.1. The smallest absolute Gasteiger partial charge is 0.229 e. The average Bonchev–Trinajstić information content (AvgIpc) is 2.73. The van der Waals surface area contributed by atoms with Crippen molar-refractivity contribution in [1.29, 1.82) is 0 Å². The van der Waals surface area contributed by atoms with Gasteiger partial charge in [0.15, 0.2) is 0 Å². The number of rotatable bonds is 6. The molecule has 0 unspecified atom stereocenters. The third kappa shape index (κ3) is 4.36. The fraction of sp³-hybridized carbons (Fsp3) is 0.0909. The molecule has 0 aliphatic rings. The topological polar surface area (TPSA) is 59.1 Å². The fourth-order valence-corrected chi connectivity index (χ4v) is 3.42. The molecule has 7 heteroatoms. The van der Waals surface area contributed by atoms with Gasteiger partial charge in [-0.1, -0.05) is 53.5 Å². The van der Waals surface area contributed by atoms with E-state index in [1.807, 2.05) is 54.6 Å². The maximum Gasteiger partial charge on any atom is 0.229 e. The van der Waals surface area contributed by atoms with Gasteiger partial charge in [0.2, 0.25) is 5.95 Å². The number of para-hydroxylation sites is 1. The van der Waals surface area contributed by atoms with Gasteiger partial charge in [-0.3, -0.25) is 0 Å². The van der Waals surface area contributed by atoms with E-state index in [-0.39, 0.29) is 0 Å². The van der Waals surface area contributed by atoms with Crippen LogP contribution in [0.3, 0.4) is 0 Å². The zero-order valence-electron chi connectivity index (χ0n) is 15.6. The van der Waals surface area contributed by atoms with Crippen molar-refractivity contribution in [3.05, 3.63) is 82.3 Å². The Morgan fingerprint density at radius 2 is 1.69 bits per heavy atom. The number of halogens is 2. The lowest BCUT2D eigenvalue weighted by Crippen LogP contribution is -2.06. The van der Waals surface area contributed by atoms with Crippen LogP contribution in [0.15, 0.2) is 66.7 Å². The van der Waals surface area contributed by atoms with Gasteiger partial charge in [0.1, 0.15) is 11.6 Å². The fourth-order valence-electron chi connectivity index (χ4n) is 2.96. The summed E-state index contributed by atoms with van der Waals surface area (Å²) in [5.74, 6) is 1.79. The summed E-state index contributed by atoms with van der Waals surface area (Å²) in [5, 5.41) is 8.74. The molecule has 146 valence electrons. The summed E-state index contributed by atoms with van der Waals surface area (Å²) in [6, 6.07) is 21.0. The molecular formula is C22H18Cl2N4O. The van der Waals surface area contributed by atoms with Gasteiger partial charge < -0.3 is 15.4 Å². The van der Waals surface area contributed by atoms with Crippen LogP contribution < -0.4 is 15.4 Å². The van der Waals surface area contributed by atoms with Crippen molar-refractivity contribution in [3.63, 3.8) is 0 Å². The third-order valence-corrected chi connectivity index (χ3v) is 5.08. The number of anilines is 3. The van der Waals surface area contributed by atoms with Crippen molar-refractivity contribution in [3.8, 4) is 5.75 Å². The predicted octanol–water partition coefficient (Wildman–Crippen LogP) is 6.30. The molecule has 0 aliphatic carbocycles. The van der Waals surface area contributed by atoms with Gasteiger partial charge in [0, 0.05) is 22.6 Å². The van der Waals surface area contributed by atoms with Crippen LogP contribution in [0.4, 0.5) is 17.5 Å². The lowest BCUT2D eigenvalue weighted by atomic mass is 10.2. The van der Waals surface area contributed by atoms with Crippen LogP contribution in [-0.4, -0.2) is 17.1 Å². The lowest BCUT2D eigenvalue weighted by molar-refractivity contribution is 0.415. The van der Waals surface area contributed by atoms with Crippen molar-refractivity contribution in [2.75, 3.05) is 17.7 Å². The van der Waals surface area contributed by atoms with E-state index in [9.17, 15) is 0 Å². The predicted molar refractivity (Wildman–Crippen MR) is 120 cm³/mol. The van der Waals surface area contributed by atoms with Gasteiger partial charge in [0.05, 0.1) is 17.6 Å².